The fourth-order valence-electron chi connectivity index (χ4n) is 3.07. The zero-order valence-corrected chi connectivity index (χ0v) is 19.1. The molecule has 1 aromatic heterocycles. The Balaban J connectivity index is 0.00000300. The molecule has 29 heavy (non-hydrogen) atoms. The first-order valence-electron chi connectivity index (χ1n) is 9.43. The van der Waals surface area contributed by atoms with Gasteiger partial charge in [-0.25, -0.2) is 9.37 Å². The summed E-state index contributed by atoms with van der Waals surface area (Å²) in [5.41, 5.74) is 1.66. The quantitative estimate of drug-likeness (QED) is 0.233. The number of ether oxygens (including phenoxy) is 2. The van der Waals surface area contributed by atoms with Crippen molar-refractivity contribution in [1.29, 1.82) is 0 Å². The van der Waals surface area contributed by atoms with E-state index in [4.69, 9.17) is 9.47 Å². The van der Waals surface area contributed by atoms with E-state index in [2.05, 4.69) is 20.6 Å². The van der Waals surface area contributed by atoms with Gasteiger partial charge in [-0.3, -0.25) is 4.99 Å². The summed E-state index contributed by atoms with van der Waals surface area (Å²) in [7, 11) is 3.36. The molecule has 0 atom stereocenters. The van der Waals surface area contributed by atoms with E-state index in [9.17, 15) is 4.39 Å². The molecule has 1 aliphatic carbocycles. The van der Waals surface area contributed by atoms with Crippen molar-refractivity contribution in [3.05, 3.63) is 59.5 Å². The van der Waals surface area contributed by atoms with Crippen LogP contribution in [0.4, 0.5) is 4.39 Å². The van der Waals surface area contributed by atoms with E-state index in [0.717, 1.165) is 24.0 Å². The number of nitrogens with zero attached hydrogens (tertiary/aromatic N) is 2. The minimum absolute atomic E-state index is 0. The van der Waals surface area contributed by atoms with Crippen molar-refractivity contribution in [2.75, 3.05) is 33.9 Å². The lowest BCUT2D eigenvalue weighted by Crippen LogP contribution is -2.41. The van der Waals surface area contributed by atoms with Crippen molar-refractivity contribution in [2.45, 2.75) is 24.8 Å². The number of pyridine rings is 1. The molecule has 1 saturated carbocycles. The third kappa shape index (κ3) is 6.53. The molecule has 0 unspecified atom stereocenters. The van der Waals surface area contributed by atoms with Crippen LogP contribution < -0.4 is 15.4 Å². The SMILES string of the molecule is CN=C(NCc1ccc(OCCOC)nc1)NCC1(c2ccccc2F)CC1.I. The maximum atomic E-state index is 14.1. The Morgan fingerprint density at radius 1 is 1.17 bits per heavy atom. The van der Waals surface area contributed by atoms with Crippen LogP contribution >= 0.6 is 24.0 Å². The molecule has 158 valence electrons. The molecule has 0 amide bonds. The van der Waals surface area contributed by atoms with E-state index >= 15 is 0 Å². The molecule has 1 aromatic carbocycles. The molecule has 2 aromatic rings. The van der Waals surface area contributed by atoms with Gasteiger partial charge in [-0.2, -0.15) is 0 Å². The summed E-state index contributed by atoms with van der Waals surface area (Å²) in [6.45, 7) is 2.23. The highest BCUT2D eigenvalue weighted by atomic mass is 127. The minimum Gasteiger partial charge on any atom is -0.475 e. The number of rotatable bonds is 9. The van der Waals surface area contributed by atoms with Crippen LogP contribution in [0.25, 0.3) is 0 Å². The molecule has 0 spiro atoms. The third-order valence-electron chi connectivity index (χ3n) is 4.91. The highest BCUT2D eigenvalue weighted by Gasteiger charge is 2.45. The molecule has 1 heterocycles. The Morgan fingerprint density at radius 3 is 2.59 bits per heavy atom. The lowest BCUT2D eigenvalue weighted by atomic mass is 9.95. The van der Waals surface area contributed by atoms with Crippen molar-refractivity contribution in [2.24, 2.45) is 4.99 Å². The number of benzene rings is 1. The first-order chi connectivity index (χ1) is 13.7. The molecule has 6 nitrogen and oxygen atoms in total. The van der Waals surface area contributed by atoms with Crippen molar-refractivity contribution >= 4 is 29.9 Å². The van der Waals surface area contributed by atoms with Gasteiger partial charge in [-0.1, -0.05) is 24.3 Å². The average molecular weight is 514 g/mol. The number of hydrogen-bond acceptors (Lipinski definition) is 4. The zero-order chi connectivity index (χ0) is 19.8. The number of halogens is 2. The predicted molar refractivity (Wildman–Crippen MR) is 123 cm³/mol. The lowest BCUT2D eigenvalue weighted by molar-refractivity contribution is 0.143. The van der Waals surface area contributed by atoms with Gasteiger partial charge in [0, 0.05) is 44.9 Å². The van der Waals surface area contributed by atoms with Crippen LogP contribution in [0.15, 0.2) is 47.6 Å². The monoisotopic (exact) mass is 514 g/mol. The summed E-state index contributed by atoms with van der Waals surface area (Å²) in [5, 5.41) is 6.60. The maximum absolute atomic E-state index is 14.1. The Labute approximate surface area is 188 Å². The number of guanidine groups is 1. The van der Waals surface area contributed by atoms with Gasteiger partial charge in [0.1, 0.15) is 12.4 Å². The Hall–Kier alpha value is -1.94. The van der Waals surface area contributed by atoms with Gasteiger partial charge in [-0.05, 0) is 30.0 Å². The van der Waals surface area contributed by atoms with Crippen LogP contribution in [-0.4, -0.2) is 44.9 Å². The van der Waals surface area contributed by atoms with E-state index < -0.39 is 0 Å². The predicted octanol–water partition coefficient (Wildman–Crippen LogP) is 3.26. The minimum atomic E-state index is -0.136. The number of methoxy groups -OCH3 is 1. The Bertz CT molecular complexity index is 798. The standard InChI is InChI=1S/C21H27FN4O2.HI/c1-23-20(25-14-16-7-8-19(24-13-16)28-12-11-27-2)26-15-21(9-10-21)17-5-3-4-6-18(17)22;/h3-8,13H,9-12,14-15H2,1-2H3,(H2,23,25,26);1H. The highest BCUT2D eigenvalue weighted by molar-refractivity contribution is 14.0. The third-order valence-corrected chi connectivity index (χ3v) is 4.91. The van der Waals surface area contributed by atoms with Crippen LogP contribution in [0.3, 0.4) is 0 Å². The van der Waals surface area contributed by atoms with Crippen molar-refractivity contribution in [3.63, 3.8) is 0 Å². The van der Waals surface area contributed by atoms with Gasteiger partial charge in [0.05, 0.1) is 6.61 Å². The molecule has 0 radical (unpaired) electrons. The second-order valence-electron chi connectivity index (χ2n) is 6.89. The molecular weight excluding hydrogens is 486 g/mol. The summed E-state index contributed by atoms with van der Waals surface area (Å²) in [4.78, 5) is 8.54. The molecule has 8 heteroatoms. The van der Waals surface area contributed by atoms with Gasteiger partial charge < -0.3 is 20.1 Å². The van der Waals surface area contributed by atoms with Crippen LogP contribution in [-0.2, 0) is 16.7 Å². The van der Waals surface area contributed by atoms with E-state index in [1.165, 1.54) is 6.07 Å². The zero-order valence-electron chi connectivity index (χ0n) is 16.8. The lowest BCUT2D eigenvalue weighted by Gasteiger charge is -2.19. The number of aliphatic imine (C=N–C) groups is 1. The molecule has 0 bridgehead atoms. The summed E-state index contributed by atoms with van der Waals surface area (Å²) in [6, 6.07) is 10.8. The van der Waals surface area contributed by atoms with Crippen LogP contribution in [0.1, 0.15) is 24.0 Å². The fraction of sp³-hybridized carbons (Fsp3) is 0.429. The second kappa shape index (κ2) is 11.3. The number of nitrogens with one attached hydrogen (secondary N) is 2. The molecular formula is C21H28FIN4O2. The van der Waals surface area contributed by atoms with Crippen molar-refractivity contribution in [1.82, 2.24) is 15.6 Å². The maximum Gasteiger partial charge on any atom is 0.213 e. The Morgan fingerprint density at radius 2 is 1.97 bits per heavy atom. The highest BCUT2D eigenvalue weighted by Crippen LogP contribution is 2.48. The normalized spacial score (nSPS) is 14.7. The van der Waals surface area contributed by atoms with E-state index in [-0.39, 0.29) is 35.2 Å². The van der Waals surface area contributed by atoms with Crippen LogP contribution in [0.2, 0.25) is 0 Å². The van der Waals surface area contributed by atoms with Crippen molar-refractivity contribution in [3.8, 4) is 5.88 Å². The molecule has 2 N–H and O–H groups in total. The van der Waals surface area contributed by atoms with E-state index in [1.807, 2.05) is 24.3 Å². The van der Waals surface area contributed by atoms with E-state index in [0.29, 0.717) is 38.1 Å². The fourth-order valence-corrected chi connectivity index (χ4v) is 3.07. The summed E-state index contributed by atoms with van der Waals surface area (Å²) < 4.78 is 24.5. The largest absolute Gasteiger partial charge is 0.475 e. The van der Waals surface area contributed by atoms with Gasteiger partial charge >= 0.3 is 0 Å². The summed E-state index contributed by atoms with van der Waals surface area (Å²) >= 11 is 0. The molecule has 1 aliphatic rings. The molecule has 3 rings (SSSR count). The van der Waals surface area contributed by atoms with Gasteiger partial charge in [0.15, 0.2) is 5.96 Å². The van der Waals surface area contributed by atoms with Crippen LogP contribution in [0.5, 0.6) is 5.88 Å². The molecule has 1 fully saturated rings. The second-order valence-corrected chi connectivity index (χ2v) is 6.89. The van der Waals surface area contributed by atoms with Crippen molar-refractivity contribution < 1.29 is 13.9 Å². The van der Waals surface area contributed by atoms with E-state index in [1.54, 1.807) is 26.4 Å². The molecule has 0 saturated heterocycles. The Kier molecular flexibility index (Phi) is 9.09. The topological polar surface area (TPSA) is 67.8 Å². The first kappa shape index (κ1) is 23.3. The van der Waals surface area contributed by atoms with Crippen LogP contribution in [0, 0.1) is 5.82 Å². The summed E-state index contributed by atoms with van der Waals surface area (Å²) in [6.07, 6.45) is 3.73. The van der Waals surface area contributed by atoms with Gasteiger partial charge in [0.2, 0.25) is 5.88 Å². The smallest absolute Gasteiger partial charge is 0.213 e. The summed E-state index contributed by atoms with van der Waals surface area (Å²) in [5.74, 6) is 1.12. The van der Waals surface area contributed by atoms with Gasteiger partial charge in [-0.15, -0.1) is 24.0 Å². The van der Waals surface area contributed by atoms with Gasteiger partial charge in [0.25, 0.3) is 0 Å². The average Bonchev–Trinajstić information content (AvgIpc) is 3.50. The first-order valence-corrected chi connectivity index (χ1v) is 9.43. The number of hydrogen-bond donors (Lipinski definition) is 2. The molecule has 0 aliphatic heterocycles. The number of aromatic nitrogens is 1.